The van der Waals surface area contributed by atoms with Crippen LogP contribution < -0.4 is 10.2 Å². The molecule has 2 fully saturated rings. The van der Waals surface area contributed by atoms with Gasteiger partial charge in [-0.3, -0.25) is 14.5 Å². The van der Waals surface area contributed by atoms with Crippen LogP contribution in [-0.4, -0.2) is 49.2 Å². The molecule has 1 atom stereocenters. The van der Waals surface area contributed by atoms with Crippen molar-refractivity contribution in [2.45, 2.75) is 69.9 Å². The molecule has 34 heavy (non-hydrogen) atoms. The van der Waals surface area contributed by atoms with Crippen molar-refractivity contribution >= 4 is 27.5 Å². The molecule has 1 aliphatic carbocycles. The molecule has 182 valence electrons. The Labute approximate surface area is 202 Å². The number of amides is 2. The van der Waals surface area contributed by atoms with Crippen molar-refractivity contribution in [3.8, 4) is 0 Å². The van der Waals surface area contributed by atoms with E-state index in [-0.39, 0.29) is 29.9 Å². The van der Waals surface area contributed by atoms with E-state index >= 15 is 0 Å². The van der Waals surface area contributed by atoms with Gasteiger partial charge in [0.25, 0.3) is 0 Å². The lowest BCUT2D eigenvalue weighted by Gasteiger charge is -2.47. The molecule has 7 nitrogen and oxygen atoms in total. The summed E-state index contributed by atoms with van der Waals surface area (Å²) in [6.45, 7) is 6.98. The third-order valence-electron chi connectivity index (χ3n) is 6.84. The molecule has 0 bridgehead atoms. The fraction of sp³-hybridized carbons (Fsp3) is 0.462. The minimum Gasteiger partial charge on any atom is -0.351 e. The van der Waals surface area contributed by atoms with Crippen LogP contribution in [0.15, 0.2) is 47.4 Å². The van der Waals surface area contributed by atoms with E-state index in [1.807, 2.05) is 39.0 Å². The number of nitrogens with one attached hydrogen (secondary N) is 1. The first kappa shape index (κ1) is 24.4. The first-order valence-corrected chi connectivity index (χ1v) is 13.2. The zero-order valence-electron chi connectivity index (χ0n) is 20.3. The molecule has 2 aliphatic rings. The second-order valence-electron chi connectivity index (χ2n) is 9.89. The zero-order chi connectivity index (χ0) is 24.7. The van der Waals surface area contributed by atoms with Crippen LogP contribution >= 0.6 is 0 Å². The van der Waals surface area contributed by atoms with Crippen LogP contribution in [0.5, 0.6) is 0 Å². The van der Waals surface area contributed by atoms with E-state index in [0.29, 0.717) is 5.69 Å². The van der Waals surface area contributed by atoms with E-state index in [1.165, 1.54) is 4.90 Å². The first-order valence-electron chi connectivity index (χ1n) is 11.8. The maximum Gasteiger partial charge on any atom is 0.247 e. The quantitative estimate of drug-likeness (QED) is 0.706. The lowest BCUT2D eigenvalue weighted by Crippen LogP contribution is -2.70. The average Bonchev–Trinajstić information content (AvgIpc) is 3.26. The summed E-state index contributed by atoms with van der Waals surface area (Å²) in [5, 5.41) is 3.10. The highest BCUT2D eigenvalue weighted by Crippen LogP contribution is 2.34. The summed E-state index contributed by atoms with van der Waals surface area (Å²) >= 11 is 0. The monoisotopic (exact) mass is 483 g/mol. The number of hydrogen-bond acceptors (Lipinski definition) is 4. The van der Waals surface area contributed by atoms with Gasteiger partial charge in [-0.15, -0.1) is 0 Å². The number of carbonyl (C=O) groups excluding carboxylic acids is 2. The molecule has 0 radical (unpaired) electrons. The van der Waals surface area contributed by atoms with Gasteiger partial charge >= 0.3 is 0 Å². The molecule has 2 aromatic carbocycles. The van der Waals surface area contributed by atoms with Crippen molar-refractivity contribution in [3.05, 3.63) is 59.2 Å². The topological polar surface area (TPSA) is 86.8 Å². The summed E-state index contributed by atoms with van der Waals surface area (Å²) in [7, 11) is -3.96. The molecular weight excluding hydrogens is 450 g/mol. The Kier molecular flexibility index (Phi) is 6.57. The van der Waals surface area contributed by atoms with Gasteiger partial charge in [-0.2, -0.15) is 4.31 Å². The van der Waals surface area contributed by atoms with Crippen molar-refractivity contribution in [2.24, 2.45) is 0 Å². The van der Waals surface area contributed by atoms with Crippen LogP contribution in [0.25, 0.3) is 0 Å². The average molecular weight is 484 g/mol. The number of rotatable bonds is 5. The first-order chi connectivity index (χ1) is 16.0. The molecule has 1 N–H and O–H groups in total. The van der Waals surface area contributed by atoms with Gasteiger partial charge in [-0.1, -0.05) is 36.6 Å². The Morgan fingerprint density at radius 3 is 2.15 bits per heavy atom. The molecule has 0 spiro atoms. The number of piperazine rings is 1. The summed E-state index contributed by atoms with van der Waals surface area (Å²) < 4.78 is 28.1. The van der Waals surface area contributed by atoms with Crippen LogP contribution in [0.4, 0.5) is 5.69 Å². The van der Waals surface area contributed by atoms with Crippen LogP contribution in [0.3, 0.4) is 0 Å². The maximum atomic E-state index is 13.7. The predicted octanol–water partition coefficient (Wildman–Crippen LogP) is 3.47. The van der Waals surface area contributed by atoms with E-state index in [0.717, 1.165) is 46.7 Å². The predicted molar refractivity (Wildman–Crippen MR) is 132 cm³/mol. The number of nitrogens with zero attached hydrogens (tertiary/aromatic N) is 2. The van der Waals surface area contributed by atoms with Crippen LogP contribution in [0.2, 0.25) is 0 Å². The third-order valence-corrected chi connectivity index (χ3v) is 8.65. The normalized spacial score (nSPS) is 22.2. The zero-order valence-corrected chi connectivity index (χ0v) is 21.1. The number of carbonyl (C=O) groups is 2. The summed E-state index contributed by atoms with van der Waals surface area (Å²) in [6, 6.07) is 12.3. The lowest BCUT2D eigenvalue weighted by molar-refractivity contribution is -0.133. The molecule has 1 heterocycles. The fourth-order valence-corrected chi connectivity index (χ4v) is 6.57. The van der Waals surface area contributed by atoms with E-state index in [9.17, 15) is 18.0 Å². The highest BCUT2D eigenvalue weighted by molar-refractivity contribution is 7.89. The standard InChI is InChI=1S/C26H33N3O4S/c1-18-9-11-23(12-10-18)34(32,33)28-16-24(30)29(22-14-19(2)13-20(3)15-22)26(4,17-28)25(31)27-21-7-5-6-8-21/h9-15,21H,5-8,16-17H2,1-4H3,(H,27,31). The lowest BCUT2D eigenvalue weighted by atomic mass is 9.93. The largest absolute Gasteiger partial charge is 0.351 e. The van der Waals surface area contributed by atoms with Crippen LogP contribution in [-0.2, 0) is 19.6 Å². The molecule has 1 aliphatic heterocycles. The molecule has 1 unspecified atom stereocenters. The van der Waals surface area contributed by atoms with Gasteiger partial charge in [-0.05, 0) is 75.9 Å². The highest BCUT2D eigenvalue weighted by atomic mass is 32.2. The smallest absolute Gasteiger partial charge is 0.247 e. The Hall–Kier alpha value is -2.71. The van der Waals surface area contributed by atoms with E-state index < -0.39 is 21.5 Å². The van der Waals surface area contributed by atoms with E-state index in [4.69, 9.17) is 0 Å². The van der Waals surface area contributed by atoms with Crippen molar-refractivity contribution < 1.29 is 18.0 Å². The second kappa shape index (κ2) is 9.15. The number of hydrogen-bond donors (Lipinski definition) is 1. The fourth-order valence-electron chi connectivity index (χ4n) is 5.09. The van der Waals surface area contributed by atoms with Gasteiger partial charge in [0.15, 0.2) is 0 Å². The molecule has 4 rings (SSSR count). The van der Waals surface area contributed by atoms with Crippen LogP contribution in [0.1, 0.15) is 49.3 Å². The van der Waals surface area contributed by atoms with Gasteiger partial charge in [0.2, 0.25) is 21.8 Å². The molecular formula is C26H33N3O4S. The Balaban J connectivity index is 1.75. The summed E-state index contributed by atoms with van der Waals surface area (Å²) in [6.07, 6.45) is 3.89. The van der Waals surface area contributed by atoms with Gasteiger partial charge in [0, 0.05) is 18.3 Å². The number of benzene rings is 2. The molecule has 8 heteroatoms. The molecule has 2 aromatic rings. The van der Waals surface area contributed by atoms with Gasteiger partial charge in [0.1, 0.15) is 5.54 Å². The second-order valence-corrected chi connectivity index (χ2v) is 11.8. The summed E-state index contributed by atoms with van der Waals surface area (Å²) in [5.74, 6) is -0.744. The SMILES string of the molecule is Cc1ccc(S(=O)(=O)N2CC(=O)N(c3cc(C)cc(C)c3)C(C)(C(=O)NC3CCCC3)C2)cc1. The van der Waals surface area contributed by atoms with E-state index in [2.05, 4.69) is 5.32 Å². The van der Waals surface area contributed by atoms with Crippen molar-refractivity contribution in [1.82, 2.24) is 9.62 Å². The van der Waals surface area contributed by atoms with Crippen LogP contribution in [0, 0.1) is 20.8 Å². The maximum absolute atomic E-state index is 13.7. The molecule has 1 saturated carbocycles. The third kappa shape index (κ3) is 4.61. The van der Waals surface area contributed by atoms with Crippen molar-refractivity contribution in [3.63, 3.8) is 0 Å². The molecule has 2 amide bonds. The van der Waals surface area contributed by atoms with Crippen molar-refractivity contribution in [1.29, 1.82) is 0 Å². The summed E-state index contributed by atoms with van der Waals surface area (Å²) in [4.78, 5) is 28.9. The Morgan fingerprint density at radius 2 is 1.56 bits per heavy atom. The highest BCUT2D eigenvalue weighted by Gasteiger charge is 2.51. The molecule has 1 saturated heterocycles. The van der Waals surface area contributed by atoms with Gasteiger partial charge in [0.05, 0.1) is 11.4 Å². The minimum absolute atomic E-state index is 0.0459. The number of anilines is 1. The number of aryl methyl sites for hydroxylation is 3. The van der Waals surface area contributed by atoms with Gasteiger partial charge in [-0.25, -0.2) is 8.42 Å². The number of sulfonamides is 1. The molecule has 0 aromatic heterocycles. The summed E-state index contributed by atoms with van der Waals surface area (Å²) in [5.41, 5.74) is 2.09. The van der Waals surface area contributed by atoms with E-state index in [1.54, 1.807) is 31.2 Å². The van der Waals surface area contributed by atoms with Gasteiger partial charge < -0.3 is 5.32 Å². The Bertz CT molecular complexity index is 1180. The minimum atomic E-state index is -3.96. The Morgan fingerprint density at radius 1 is 0.971 bits per heavy atom. The van der Waals surface area contributed by atoms with Crippen molar-refractivity contribution in [2.75, 3.05) is 18.0 Å².